The number of nitro benzene ring substituents is 1. The number of benzene rings is 2. The standard InChI is InChI=1S/C16H12N2O5/c19-14(11-5-6-15-16(9-11)23-10-22-15)7-8-17-12-3-1-2-4-13(12)18(20)21/h1-9,17H,10H2/b8-7-. The molecule has 23 heavy (non-hydrogen) atoms. The number of hydrogen-bond acceptors (Lipinski definition) is 6. The number of allylic oxidation sites excluding steroid dienone is 1. The molecule has 0 aromatic heterocycles. The number of para-hydroxylation sites is 2. The van der Waals surface area contributed by atoms with Crippen molar-refractivity contribution in [2.24, 2.45) is 0 Å². The van der Waals surface area contributed by atoms with Crippen molar-refractivity contribution < 1.29 is 19.2 Å². The van der Waals surface area contributed by atoms with E-state index in [0.29, 0.717) is 22.7 Å². The molecule has 0 unspecified atom stereocenters. The van der Waals surface area contributed by atoms with Crippen LogP contribution in [0.1, 0.15) is 10.4 Å². The summed E-state index contributed by atoms with van der Waals surface area (Å²) in [5, 5.41) is 13.6. The second kappa shape index (κ2) is 6.18. The third-order valence-electron chi connectivity index (χ3n) is 3.23. The summed E-state index contributed by atoms with van der Waals surface area (Å²) >= 11 is 0. The molecule has 7 nitrogen and oxygen atoms in total. The Labute approximate surface area is 131 Å². The van der Waals surface area contributed by atoms with Gasteiger partial charge in [0.2, 0.25) is 6.79 Å². The van der Waals surface area contributed by atoms with Crippen LogP contribution in [0.2, 0.25) is 0 Å². The zero-order valence-electron chi connectivity index (χ0n) is 11.9. The molecule has 0 saturated heterocycles. The van der Waals surface area contributed by atoms with Crippen LogP contribution in [-0.4, -0.2) is 17.5 Å². The van der Waals surface area contributed by atoms with Gasteiger partial charge in [-0.15, -0.1) is 0 Å². The normalized spacial score (nSPS) is 12.3. The van der Waals surface area contributed by atoms with Gasteiger partial charge in [-0.1, -0.05) is 12.1 Å². The minimum absolute atomic E-state index is 0.0623. The molecule has 0 saturated carbocycles. The molecule has 2 aromatic carbocycles. The lowest BCUT2D eigenvalue weighted by Crippen LogP contribution is -1.98. The zero-order chi connectivity index (χ0) is 16.2. The number of carbonyl (C=O) groups excluding carboxylic acids is 1. The number of nitrogens with zero attached hydrogens (tertiary/aromatic N) is 1. The lowest BCUT2D eigenvalue weighted by Gasteiger charge is -2.02. The highest BCUT2D eigenvalue weighted by atomic mass is 16.7. The van der Waals surface area contributed by atoms with E-state index in [9.17, 15) is 14.9 Å². The van der Waals surface area contributed by atoms with E-state index in [2.05, 4.69) is 5.32 Å². The molecular formula is C16H12N2O5. The van der Waals surface area contributed by atoms with E-state index in [1.54, 1.807) is 36.4 Å². The molecule has 1 N–H and O–H groups in total. The first-order valence-corrected chi connectivity index (χ1v) is 6.75. The molecule has 3 rings (SSSR count). The minimum Gasteiger partial charge on any atom is -0.454 e. The number of hydrogen-bond donors (Lipinski definition) is 1. The molecule has 1 heterocycles. The molecule has 1 aliphatic heterocycles. The second-order valence-corrected chi connectivity index (χ2v) is 4.68. The van der Waals surface area contributed by atoms with Crippen LogP contribution >= 0.6 is 0 Å². The van der Waals surface area contributed by atoms with Crippen molar-refractivity contribution in [1.82, 2.24) is 0 Å². The van der Waals surface area contributed by atoms with Crippen LogP contribution in [0, 0.1) is 10.1 Å². The van der Waals surface area contributed by atoms with Crippen LogP contribution in [0.4, 0.5) is 11.4 Å². The molecular weight excluding hydrogens is 300 g/mol. The summed E-state index contributed by atoms with van der Waals surface area (Å²) in [5.74, 6) is 0.869. The summed E-state index contributed by atoms with van der Waals surface area (Å²) in [5.41, 5.74) is 0.690. The first-order chi connectivity index (χ1) is 11.1. The number of fused-ring (bicyclic) bond motifs is 1. The van der Waals surface area contributed by atoms with E-state index in [1.807, 2.05) is 0 Å². The summed E-state index contributed by atoms with van der Waals surface area (Å²) in [6.07, 6.45) is 2.67. The fraction of sp³-hybridized carbons (Fsp3) is 0.0625. The SMILES string of the molecule is O=C(/C=C\Nc1ccccc1[N+](=O)[O-])c1ccc2c(c1)OCO2. The van der Waals surface area contributed by atoms with Crippen molar-refractivity contribution in [2.75, 3.05) is 12.1 Å². The maximum Gasteiger partial charge on any atom is 0.292 e. The van der Waals surface area contributed by atoms with Gasteiger partial charge < -0.3 is 14.8 Å². The maximum atomic E-state index is 12.1. The Balaban J connectivity index is 1.71. The van der Waals surface area contributed by atoms with Crippen molar-refractivity contribution in [3.63, 3.8) is 0 Å². The van der Waals surface area contributed by atoms with Crippen LogP contribution in [0.5, 0.6) is 11.5 Å². The average molecular weight is 312 g/mol. The molecule has 7 heteroatoms. The van der Waals surface area contributed by atoms with Gasteiger partial charge in [0, 0.05) is 23.9 Å². The molecule has 0 amide bonds. The lowest BCUT2D eigenvalue weighted by molar-refractivity contribution is -0.383. The zero-order valence-corrected chi connectivity index (χ0v) is 11.9. The molecule has 1 aliphatic rings. The van der Waals surface area contributed by atoms with Crippen LogP contribution in [-0.2, 0) is 0 Å². The number of carbonyl (C=O) groups is 1. The molecule has 0 radical (unpaired) electrons. The van der Waals surface area contributed by atoms with E-state index in [0.717, 1.165) is 0 Å². The van der Waals surface area contributed by atoms with Crippen LogP contribution in [0.3, 0.4) is 0 Å². The Bertz CT molecular complexity index is 801. The summed E-state index contributed by atoms with van der Waals surface area (Å²) < 4.78 is 10.4. The van der Waals surface area contributed by atoms with Gasteiger partial charge >= 0.3 is 0 Å². The highest BCUT2D eigenvalue weighted by molar-refractivity contribution is 6.05. The first-order valence-electron chi connectivity index (χ1n) is 6.75. The summed E-state index contributed by atoms with van der Waals surface area (Å²) in [4.78, 5) is 22.5. The van der Waals surface area contributed by atoms with E-state index in [1.165, 1.54) is 18.3 Å². The molecule has 0 aliphatic carbocycles. The Morgan fingerprint density at radius 1 is 1.17 bits per heavy atom. The molecule has 116 valence electrons. The van der Waals surface area contributed by atoms with Gasteiger partial charge in [-0.05, 0) is 24.3 Å². The van der Waals surface area contributed by atoms with E-state index in [-0.39, 0.29) is 18.3 Å². The summed E-state index contributed by atoms with van der Waals surface area (Å²) in [6.45, 7) is 0.141. The predicted molar refractivity (Wildman–Crippen MR) is 82.8 cm³/mol. The van der Waals surface area contributed by atoms with E-state index >= 15 is 0 Å². The summed E-state index contributed by atoms with van der Waals surface area (Å²) in [6, 6.07) is 11.1. The highest BCUT2D eigenvalue weighted by Gasteiger charge is 2.15. The van der Waals surface area contributed by atoms with Crippen LogP contribution in [0.25, 0.3) is 0 Å². The Kier molecular flexibility index (Phi) is 3.92. The van der Waals surface area contributed by atoms with Gasteiger partial charge in [0.15, 0.2) is 17.3 Å². The number of ether oxygens (including phenoxy) is 2. The average Bonchev–Trinajstić information content (AvgIpc) is 3.02. The van der Waals surface area contributed by atoms with Gasteiger partial charge in [0.05, 0.1) is 4.92 Å². The third kappa shape index (κ3) is 3.13. The molecule has 2 aromatic rings. The van der Waals surface area contributed by atoms with Gasteiger partial charge in [-0.25, -0.2) is 0 Å². The van der Waals surface area contributed by atoms with Gasteiger partial charge in [0.1, 0.15) is 5.69 Å². The number of nitrogens with one attached hydrogen (secondary N) is 1. The molecule has 0 atom stereocenters. The lowest BCUT2D eigenvalue weighted by atomic mass is 10.1. The Hall–Kier alpha value is -3.35. The van der Waals surface area contributed by atoms with Crippen molar-refractivity contribution in [3.8, 4) is 11.5 Å². The summed E-state index contributed by atoms with van der Waals surface area (Å²) in [7, 11) is 0. The van der Waals surface area contributed by atoms with Crippen molar-refractivity contribution in [2.45, 2.75) is 0 Å². The Morgan fingerprint density at radius 3 is 2.78 bits per heavy atom. The number of nitro groups is 1. The van der Waals surface area contributed by atoms with Gasteiger partial charge in [-0.2, -0.15) is 0 Å². The van der Waals surface area contributed by atoms with Crippen LogP contribution in [0.15, 0.2) is 54.7 Å². The highest BCUT2D eigenvalue weighted by Crippen LogP contribution is 2.32. The third-order valence-corrected chi connectivity index (χ3v) is 3.23. The van der Waals surface area contributed by atoms with Crippen LogP contribution < -0.4 is 14.8 Å². The number of ketones is 1. The van der Waals surface area contributed by atoms with Crippen molar-refractivity contribution in [1.29, 1.82) is 0 Å². The van der Waals surface area contributed by atoms with Crippen molar-refractivity contribution >= 4 is 17.2 Å². The second-order valence-electron chi connectivity index (χ2n) is 4.68. The largest absolute Gasteiger partial charge is 0.454 e. The monoisotopic (exact) mass is 312 g/mol. The fourth-order valence-corrected chi connectivity index (χ4v) is 2.11. The first kappa shape index (κ1) is 14.6. The maximum absolute atomic E-state index is 12.1. The predicted octanol–water partition coefficient (Wildman–Crippen LogP) is 3.13. The van der Waals surface area contributed by atoms with Gasteiger partial charge in [0.25, 0.3) is 5.69 Å². The molecule has 0 spiro atoms. The minimum atomic E-state index is -0.490. The topological polar surface area (TPSA) is 90.7 Å². The van der Waals surface area contributed by atoms with Crippen molar-refractivity contribution in [3.05, 3.63) is 70.4 Å². The molecule has 0 bridgehead atoms. The Morgan fingerprint density at radius 2 is 1.96 bits per heavy atom. The smallest absolute Gasteiger partial charge is 0.292 e. The van der Waals surface area contributed by atoms with Gasteiger partial charge in [-0.3, -0.25) is 14.9 Å². The quantitative estimate of drug-likeness (QED) is 0.395. The number of anilines is 1. The fourth-order valence-electron chi connectivity index (χ4n) is 2.11. The molecule has 0 fully saturated rings. The van der Waals surface area contributed by atoms with E-state index < -0.39 is 4.92 Å². The number of rotatable bonds is 5. The van der Waals surface area contributed by atoms with E-state index in [4.69, 9.17) is 9.47 Å².